The van der Waals surface area contributed by atoms with Gasteiger partial charge in [0.25, 0.3) is 0 Å². The summed E-state index contributed by atoms with van der Waals surface area (Å²) in [5.74, 6) is 1.12. The third-order valence-electron chi connectivity index (χ3n) is 4.38. The summed E-state index contributed by atoms with van der Waals surface area (Å²) < 4.78 is 0. The average Bonchev–Trinajstić information content (AvgIpc) is 2.82. The van der Waals surface area contributed by atoms with Crippen LogP contribution in [0.5, 0.6) is 0 Å². The highest BCUT2D eigenvalue weighted by atomic mass is 16.3. The zero-order valence-electron chi connectivity index (χ0n) is 10.2. The third kappa shape index (κ3) is 1.73. The Balaban J connectivity index is 1.98. The number of aromatic nitrogens is 1. The fourth-order valence-electron chi connectivity index (χ4n) is 3.11. The zero-order valence-corrected chi connectivity index (χ0v) is 10.2. The molecule has 17 heavy (non-hydrogen) atoms. The summed E-state index contributed by atoms with van der Waals surface area (Å²) in [5.41, 5.74) is 1.28. The van der Waals surface area contributed by atoms with E-state index in [-0.39, 0.29) is 12.0 Å². The van der Waals surface area contributed by atoms with Gasteiger partial charge < -0.3 is 10.0 Å². The molecule has 0 atom stereocenters. The summed E-state index contributed by atoms with van der Waals surface area (Å²) in [6.45, 7) is 2.50. The summed E-state index contributed by atoms with van der Waals surface area (Å²) in [5, 5.41) is 9.71. The first-order chi connectivity index (χ1) is 8.36. The van der Waals surface area contributed by atoms with E-state index in [1.165, 1.54) is 24.8 Å². The van der Waals surface area contributed by atoms with Gasteiger partial charge in [0.2, 0.25) is 0 Å². The molecule has 1 aromatic rings. The monoisotopic (exact) mass is 232 g/mol. The maximum atomic E-state index is 9.71. The van der Waals surface area contributed by atoms with Crippen LogP contribution in [0.4, 0.5) is 5.82 Å². The fraction of sp³-hybridized carbons (Fsp3) is 0.643. The molecule has 0 spiro atoms. The van der Waals surface area contributed by atoms with Crippen molar-refractivity contribution in [2.75, 3.05) is 24.6 Å². The number of nitrogens with zero attached hydrogens (tertiary/aromatic N) is 2. The normalized spacial score (nSPS) is 22.5. The molecule has 0 amide bonds. The fourth-order valence-corrected chi connectivity index (χ4v) is 3.11. The van der Waals surface area contributed by atoms with Gasteiger partial charge in [0.1, 0.15) is 5.82 Å². The summed E-state index contributed by atoms with van der Waals surface area (Å²) in [4.78, 5) is 6.95. The highest BCUT2D eigenvalue weighted by Crippen LogP contribution is 2.46. The van der Waals surface area contributed by atoms with Crippen LogP contribution in [0.2, 0.25) is 0 Å². The summed E-state index contributed by atoms with van der Waals surface area (Å²) in [6.07, 6.45) is 7.85. The van der Waals surface area contributed by atoms with Crippen LogP contribution in [0.25, 0.3) is 0 Å². The smallest absolute Gasteiger partial charge is 0.132 e. The minimum Gasteiger partial charge on any atom is -0.395 e. The lowest BCUT2D eigenvalue weighted by Gasteiger charge is -2.42. The molecule has 1 aliphatic carbocycles. The molecular formula is C14H20N2O. The predicted octanol–water partition coefficient (Wildman–Crippen LogP) is 2.10. The molecule has 1 aromatic heterocycles. The summed E-state index contributed by atoms with van der Waals surface area (Å²) in [7, 11) is 0. The van der Waals surface area contributed by atoms with Crippen molar-refractivity contribution in [2.45, 2.75) is 37.5 Å². The van der Waals surface area contributed by atoms with E-state index >= 15 is 0 Å². The second-order valence-corrected chi connectivity index (χ2v) is 5.36. The molecule has 1 saturated carbocycles. The van der Waals surface area contributed by atoms with Crippen LogP contribution in [0.1, 0.15) is 37.7 Å². The SMILES string of the molecule is OCC1(c2cccnc2N2CCCC2)CCC1. The molecule has 0 aromatic carbocycles. The lowest BCUT2D eigenvalue weighted by molar-refractivity contribution is 0.120. The molecule has 0 radical (unpaired) electrons. The minimum atomic E-state index is 0.00613. The van der Waals surface area contributed by atoms with Gasteiger partial charge in [0.15, 0.2) is 0 Å². The van der Waals surface area contributed by atoms with Gasteiger partial charge in [-0.25, -0.2) is 4.98 Å². The molecule has 3 rings (SSSR count). The van der Waals surface area contributed by atoms with Gasteiger partial charge in [0, 0.05) is 30.3 Å². The Morgan fingerprint density at radius 2 is 2.00 bits per heavy atom. The maximum Gasteiger partial charge on any atom is 0.132 e. The van der Waals surface area contributed by atoms with Gasteiger partial charge in [-0.05, 0) is 31.7 Å². The van der Waals surface area contributed by atoms with Crippen molar-refractivity contribution in [1.82, 2.24) is 4.98 Å². The first kappa shape index (κ1) is 11.0. The highest BCUT2D eigenvalue weighted by Gasteiger charge is 2.40. The first-order valence-electron chi connectivity index (χ1n) is 6.67. The van der Waals surface area contributed by atoms with Gasteiger partial charge in [0.05, 0.1) is 6.61 Å². The Morgan fingerprint density at radius 3 is 2.59 bits per heavy atom. The van der Waals surface area contributed by atoms with Crippen molar-refractivity contribution in [3.05, 3.63) is 23.9 Å². The van der Waals surface area contributed by atoms with Gasteiger partial charge in [-0.2, -0.15) is 0 Å². The van der Waals surface area contributed by atoms with Crippen LogP contribution in [-0.2, 0) is 5.41 Å². The van der Waals surface area contributed by atoms with E-state index in [0.717, 1.165) is 31.7 Å². The van der Waals surface area contributed by atoms with Crippen molar-refractivity contribution in [1.29, 1.82) is 0 Å². The quantitative estimate of drug-likeness (QED) is 0.867. The van der Waals surface area contributed by atoms with Crippen LogP contribution in [0.15, 0.2) is 18.3 Å². The van der Waals surface area contributed by atoms with Crippen molar-refractivity contribution in [2.24, 2.45) is 0 Å². The topological polar surface area (TPSA) is 36.4 Å². The van der Waals surface area contributed by atoms with Crippen LogP contribution in [-0.4, -0.2) is 29.8 Å². The number of aliphatic hydroxyl groups is 1. The van der Waals surface area contributed by atoms with Crippen LogP contribution >= 0.6 is 0 Å². The van der Waals surface area contributed by atoms with Crippen molar-refractivity contribution in [3.8, 4) is 0 Å². The summed E-state index contributed by atoms with van der Waals surface area (Å²) in [6, 6.07) is 4.17. The molecular weight excluding hydrogens is 212 g/mol. The second kappa shape index (κ2) is 4.30. The van der Waals surface area contributed by atoms with E-state index in [0.29, 0.717) is 0 Å². The van der Waals surface area contributed by atoms with E-state index in [2.05, 4.69) is 16.0 Å². The highest BCUT2D eigenvalue weighted by molar-refractivity contribution is 5.52. The number of hydrogen-bond donors (Lipinski definition) is 1. The maximum absolute atomic E-state index is 9.71. The average molecular weight is 232 g/mol. The standard InChI is InChI=1S/C14H20N2O/c17-11-14(6-4-7-14)12-5-3-8-15-13(12)16-9-1-2-10-16/h3,5,8,17H,1-2,4,6-7,9-11H2. The molecule has 1 N–H and O–H groups in total. The predicted molar refractivity (Wildman–Crippen MR) is 68.3 cm³/mol. The Labute approximate surface area is 102 Å². The Bertz CT molecular complexity index is 389. The lowest BCUT2D eigenvalue weighted by Crippen LogP contribution is -2.39. The molecule has 3 heteroatoms. The number of pyridine rings is 1. The third-order valence-corrected chi connectivity index (χ3v) is 4.38. The first-order valence-corrected chi connectivity index (χ1v) is 6.67. The van der Waals surface area contributed by atoms with Crippen molar-refractivity contribution in [3.63, 3.8) is 0 Å². The second-order valence-electron chi connectivity index (χ2n) is 5.36. The van der Waals surface area contributed by atoms with Gasteiger partial charge in [-0.15, -0.1) is 0 Å². The van der Waals surface area contributed by atoms with Crippen LogP contribution in [0.3, 0.4) is 0 Å². The van der Waals surface area contributed by atoms with Gasteiger partial charge in [-0.1, -0.05) is 12.5 Å². The van der Waals surface area contributed by atoms with Crippen molar-refractivity contribution >= 4 is 5.82 Å². The van der Waals surface area contributed by atoms with E-state index in [9.17, 15) is 5.11 Å². The molecule has 0 unspecified atom stereocenters. The van der Waals surface area contributed by atoms with E-state index in [1.54, 1.807) is 0 Å². The summed E-state index contributed by atoms with van der Waals surface area (Å²) >= 11 is 0. The molecule has 1 aliphatic heterocycles. The minimum absolute atomic E-state index is 0.00613. The van der Waals surface area contributed by atoms with Crippen LogP contribution in [0, 0.1) is 0 Å². The van der Waals surface area contributed by atoms with Crippen LogP contribution < -0.4 is 4.90 Å². The Morgan fingerprint density at radius 1 is 1.24 bits per heavy atom. The number of hydrogen-bond acceptors (Lipinski definition) is 3. The van der Waals surface area contributed by atoms with E-state index in [1.807, 2.05) is 12.3 Å². The zero-order chi connectivity index (χ0) is 11.7. The molecule has 0 bridgehead atoms. The number of anilines is 1. The molecule has 2 heterocycles. The van der Waals surface area contributed by atoms with Gasteiger partial charge >= 0.3 is 0 Å². The Hall–Kier alpha value is -1.09. The van der Waals surface area contributed by atoms with Crippen molar-refractivity contribution < 1.29 is 5.11 Å². The number of aliphatic hydroxyl groups excluding tert-OH is 1. The Kier molecular flexibility index (Phi) is 2.79. The number of rotatable bonds is 3. The van der Waals surface area contributed by atoms with Gasteiger partial charge in [-0.3, -0.25) is 0 Å². The molecule has 2 aliphatic rings. The largest absolute Gasteiger partial charge is 0.395 e. The molecule has 2 fully saturated rings. The van der Waals surface area contributed by atoms with E-state index in [4.69, 9.17) is 0 Å². The lowest BCUT2D eigenvalue weighted by atomic mass is 9.65. The molecule has 1 saturated heterocycles. The molecule has 3 nitrogen and oxygen atoms in total. The molecule has 92 valence electrons. The van der Waals surface area contributed by atoms with E-state index < -0.39 is 0 Å².